The van der Waals surface area contributed by atoms with Crippen LogP contribution in [0.15, 0.2) is 30.5 Å². The normalized spacial score (nSPS) is 18.4. The molecule has 4 nitrogen and oxygen atoms in total. The van der Waals surface area contributed by atoms with Crippen molar-refractivity contribution in [2.45, 2.75) is 17.6 Å². The molecule has 1 aliphatic rings. The Kier molecular flexibility index (Phi) is 3.81. The Morgan fingerprint density at radius 1 is 1.25 bits per heavy atom. The van der Waals surface area contributed by atoms with Crippen molar-refractivity contribution >= 4 is 28.6 Å². The van der Waals surface area contributed by atoms with Gasteiger partial charge in [0, 0.05) is 24.4 Å². The second-order valence-electron chi connectivity index (χ2n) is 5.30. The van der Waals surface area contributed by atoms with E-state index in [1.165, 1.54) is 0 Å². The van der Waals surface area contributed by atoms with Crippen LogP contribution in [-0.4, -0.2) is 40.6 Å². The fourth-order valence-electron chi connectivity index (χ4n) is 2.73. The molecular weight excluding hydrogens is 268 g/mol. The molecule has 2 N–H and O–H groups in total. The highest BCUT2D eigenvalue weighted by molar-refractivity contribution is 8.00. The van der Waals surface area contributed by atoms with E-state index < -0.39 is 0 Å². The average Bonchev–Trinajstić information content (AvgIpc) is 2.54. The van der Waals surface area contributed by atoms with E-state index in [9.17, 15) is 0 Å². The summed E-state index contributed by atoms with van der Waals surface area (Å²) in [7, 11) is 0. The Morgan fingerprint density at radius 3 is 2.60 bits per heavy atom. The second-order valence-corrected chi connectivity index (χ2v) is 6.57. The third-order valence-corrected chi connectivity index (χ3v) is 5.68. The molecule has 0 bridgehead atoms. The Morgan fingerprint density at radius 2 is 1.95 bits per heavy atom. The van der Waals surface area contributed by atoms with Gasteiger partial charge in [-0.25, -0.2) is 4.98 Å². The van der Waals surface area contributed by atoms with Gasteiger partial charge in [-0.15, -0.1) is 0 Å². The van der Waals surface area contributed by atoms with Crippen LogP contribution in [0, 0.1) is 0 Å². The SMILES string of the molecule is CSC1(CN)CCN(c2cnc3ccccc3n2)CC1. The van der Waals surface area contributed by atoms with Gasteiger partial charge in [-0.3, -0.25) is 4.98 Å². The van der Waals surface area contributed by atoms with Gasteiger partial charge in [-0.2, -0.15) is 11.8 Å². The molecule has 0 unspecified atom stereocenters. The molecule has 1 aromatic heterocycles. The number of fused-ring (bicyclic) bond motifs is 1. The standard InChI is InChI=1S/C15H20N4S/c1-20-15(11-16)6-8-19(9-7-15)14-10-17-12-4-2-3-5-13(12)18-14/h2-5,10H,6-9,11,16H2,1H3. The lowest BCUT2D eigenvalue weighted by molar-refractivity contribution is 0.455. The summed E-state index contributed by atoms with van der Waals surface area (Å²) in [6.45, 7) is 2.77. The molecule has 0 saturated carbocycles. The van der Waals surface area contributed by atoms with Crippen LogP contribution in [-0.2, 0) is 0 Å². The molecule has 0 atom stereocenters. The van der Waals surface area contributed by atoms with Crippen molar-refractivity contribution in [1.82, 2.24) is 9.97 Å². The van der Waals surface area contributed by atoms with Crippen LogP contribution in [0.2, 0.25) is 0 Å². The first-order chi connectivity index (χ1) is 9.76. The zero-order valence-corrected chi connectivity index (χ0v) is 12.6. The van der Waals surface area contributed by atoms with E-state index in [1.807, 2.05) is 42.2 Å². The molecule has 1 aliphatic heterocycles. The molecule has 2 aromatic rings. The van der Waals surface area contributed by atoms with Crippen molar-refractivity contribution in [3.63, 3.8) is 0 Å². The van der Waals surface area contributed by atoms with Gasteiger partial charge in [0.1, 0.15) is 5.82 Å². The van der Waals surface area contributed by atoms with E-state index in [-0.39, 0.29) is 4.75 Å². The minimum absolute atomic E-state index is 0.251. The molecule has 1 aromatic carbocycles. The summed E-state index contributed by atoms with van der Waals surface area (Å²) in [5, 5.41) is 0. The van der Waals surface area contributed by atoms with E-state index in [2.05, 4.69) is 16.1 Å². The lowest BCUT2D eigenvalue weighted by Crippen LogP contribution is -2.46. The van der Waals surface area contributed by atoms with Crippen LogP contribution in [0.5, 0.6) is 0 Å². The number of benzene rings is 1. The third-order valence-electron chi connectivity index (χ3n) is 4.24. The maximum Gasteiger partial charge on any atom is 0.147 e. The quantitative estimate of drug-likeness (QED) is 0.939. The number of hydrogen-bond acceptors (Lipinski definition) is 5. The van der Waals surface area contributed by atoms with E-state index in [1.54, 1.807) is 0 Å². The summed E-state index contributed by atoms with van der Waals surface area (Å²) in [5.74, 6) is 0.982. The molecule has 3 rings (SSSR count). The van der Waals surface area contributed by atoms with Crippen molar-refractivity contribution in [3.05, 3.63) is 30.5 Å². The lowest BCUT2D eigenvalue weighted by Gasteiger charge is -2.40. The minimum atomic E-state index is 0.251. The number of hydrogen-bond donors (Lipinski definition) is 1. The Bertz CT molecular complexity index is 587. The first-order valence-corrected chi connectivity index (χ1v) is 8.21. The maximum absolute atomic E-state index is 5.94. The number of nitrogens with zero attached hydrogens (tertiary/aromatic N) is 3. The van der Waals surface area contributed by atoms with Gasteiger partial charge < -0.3 is 10.6 Å². The van der Waals surface area contributed by atoms with Crippen LogP contribution in [0.25, 0.3) is 11.0 Å². The van der Waals surface area contributed by atoms with Gasteiger partial charge in [0.2, 0.25) is 0 Å². The monoisotopic (exact) mass is 288 g/mol. The van der Waals surface area contributed by atoms with Crippen molar-refractivity contribution < 1.29 is 0 Å². The van der Waals surface area contributed by atoms with Gasteiger partial charge >= 0.3 is 0 Å². The molecule has 0 spiro atoms. The molecule has 0 aliphatic carbocycles. The van der Waals surface area contributed by atoms with Crippen LogP contribution in [0.1, 0.15) is 12.8 Å². The Balaban J connectivity index is 1.79. The van der Waals surface area contributed by atoms with E-state index >= 15 is 0 Å². The van der Waals surface area contributed by atoms with E-state index in [4.69, 9.17) is 10.7 Å². The molecule has 2 heterocycles. The third kappa shape index (κ3) is 2.47. The molecule has 106 valence electrons. The van der Waals surface area contributed by atoms with Crippen molar-refractivity contribution in [2.75, 3.05) is 30.8 Å². The van der Waals surface area contributed by atoms with Crippen LogP contribution < -0.4 is 10.6 Å². The summed E-state index contributed by atoms with van der Waals surface area (Å²) in [6, 6.07) is 8.01. The average molecular weight is 288 g/mol. The molecule has 1 saturated heterocycles. The van der Waals surface area contributed by atoms with Crippen molar-refractivity contribution in [3.8, 4) is 0 Å². The van der Waals surface area contributed by atoms with E-state index in [0.717, 1.165) is 49.3 Å². The number of rotatable bonds is 3. The first kappa shape index (κ1) is 13.6. The Labute approximate surface area is 123 Å². The Hall–Kier alpha value is -1.33. The maximum atomic E-state index is 5.94. The number of piperidine rings is 1. The molecular formula is C15H20N4S. The van der Waals surface area contributed by atoms with Crippen LogP contribution in [0.4, 0.5) is 5.82 Å². The van der Waals surface area contributed by atoms with Crippen molar-refractivity contribution in [2.24, 2.45) is 5.73 Å². The summed E-state index contributed by atoms with van der Waals surface area (Å²) >= 11 is 1.91. The number of thioether (sulfide) groups is 1. The van der Waals surface area contributed by atoms with Crippen LogP contribution >= 0.6 is 11.8 Å². The molecule has 5 heteroatoms. The van der Waals surface area contributed by atoms with Gasteiger partial charge in [0.15, 0.2) is 0 Å². The highest BCUT2D eigenvalue weighted by Gasteiger charge is 2.32. The van der Waals surface area contributed by atoms with Gasteiger partial charge in [-0.05, 0) is 31.2 Å². The summed E-state index contributed by atoms with van der Waals surface area (Å²) in [6.07, 6.45) is 6.27. The predicted molar refractivity (Wildman–Crippen MR) is 86.3 cm³/mol. The molecule has 20 heavy (non-hydrogen) atoms. The van der Waals surface area contributed by atoms with E-state index in [0.29, 0.717) is 0 Å². The fourth-order valence-corrected chi connectivity index (χ4v) is 3.49. The first-order valence-electron chi connectivity index (χ1n) is 6.98. The molecule has 1 fully saturated rings. The number of para-hydroxylation sites is 2. The minimum Gasteiger partial charge on any atom is -0.355 e. The number of nitrogens with two attached hydrogens (primary N) is 1. The van der Waals surface area contributed by atoms with Gasteiger partial charge in [-0.1, -0.05) is 12.1 Å². The highest BCUT2D eigenvalue weighted by atomic mass is 32.2. The summed E-state index contributed by atoms with van der Waals surface area (Å²) in [4.78, 5) is 11.5. The highest BCUT2D eigenvalue weighted by Crippen LogP contribution is 2.34. The number of aromatic nitrogens is 2. The molecule has 0 amide bonds. The summed E-state index contributed by atoms with van der Waals surface area (Å²) in [5.41, 5.74) is 7.86. The van der Waals surface area contributed by atoms with Crippen LogP contribution in [0.3, 0.4) is 0 Å². The molecule has 0 radical (unpaired) electrons. The zero-order chi connectivity index (χ0) is 14.0. The largest absolute Gasteiger partial charge is 0.355 e. The van der Waals surface area contributed by atoms with Crippen molar-refractivity contribution in [1.29, 1.82) is 0 Å². The predicted octanol–water partition coefficient (Wildman–Crippen LogP) is 2.29. The smallest absolute Gasteiger partial charge is 0.147 e. The summed E-state index contributed by atoms with van der Waals surface area (Å²) < 4.78 is 0.251. The topological polar surface area (TPSA) is 55.0 Å². The second kappa shape index (κ2) is 5.58. The lowest BCUT2D eigenvalue weighted by atomic mass is 9.96. The zero-order valence-electron chi connectivity index (χ0n) is 11.7. The number of anilines is 1. The fraction of sp³-hybridized carbons (Fsp3) is 0.467. The van der Waals surface area contributed by atoms with Gasteiger partial charge in [0.05, 0.1) is 17.2 Å². The van der Waals surface area contributed by atoms with Gasteiger partial charge in [0.25, 0.3) is 0 Å².